The third-order valence-electron chi connectivity index (χ3n) is 3.94. The van der Waals surface area contributed by atoms with E-state index in [2.05, 4.69) is 33.0 Å². The molecule has 0 saturated carbocycles. The Morgan fingerprint density at radius 2 is 1.67 bits per heavy atom. The smallest absolute Gasteiger partial charge is 0.150 e. The molecule has 4 heteroatoms. The van der Waals surface area contributed by atoms with Gasteiger partial charge in [-0.1, -0.05) is 34.6 Å². The zero-order chi connectivity index (χ0) is 14.2. The molecule has 0 bridgehead atoms. The highest BCUT2D eigenvalue weighted by molar-refractivity contribution is 7.91. The van der Waals surface area contributed by atoms with Crippen LogP contribution in [0.5, 0.6) is 0 Å². The third-order valence-corrected chi connectivity index (χ3v) is 5.64. The van der Waals surface area contributed by atoms with Crippen molar-refractivity contribution in [2.24, 2.45) is 11.3 Å². The van der Waals surface area contributed by atoms with Gasteiger partial charge in [-0.3, -0.25) is 0 Å². The van der Waals surface area contributed by atoms with E-state index in [0.717, 1.165) is 32.4 Å². The van der Waals surface area contributed by atoms with Crippen molar-refractivity contribution >= 4 is 9.84 Å². The zero-order valence-corrected chi connectivity index (χ0v) is 13.6. The number of rotatable bonds is 10. The maximum Gasteiger partial charge on any atom is 0.150 e. The molecule has 3 nitrogen and oxygen atoms in total. The van der Waals surface area contributed by atoms with Crippen LogP contribution in [0.1, 0.15) is 53.9 Å². The van der Waals surface area contributed by atoms with Crippen molar-refractivity contribution in [2.45, 2.75) is 53.9 Å². The highest BCUT2D eigenvalue weighted by Gasteiger charge is 2.27. The zero-order valence-electron chi connectivity index (χ0n) is 12.8. The Kier molecular flexibility index (Phi) is 8.11. The van der Waals surface area contributed by atoms with Gasteiger partial charge < -0.3 is 5.32 Å². The molecule has 0 heterocycles. The van der Waals surface area contributed by atoms with Gasteiger partial charge in [0.15, 0.2) is 0 Å². The maximum absolute atomic E-state index is 11.6. The molecule has 0 aromatic carbocycles. The van der Waals surface area contributed by atoms with Crippen LogP contribution in [0.15, 0.2) is 0 Å². The normalized spacial score (nSPS) is 13.2. The van der Waals surface area contributed by atoms with Crippen molar-refractivity contribution in [1.82, 2.24) is 5.32 Å². The lowest BCUT2D eigenvalue weighted by atomic mass is 9.79. The van der Waals surface area contributed by atoms with Crippen LogP contribution in [0.25, 0.3) is 0 Å². The van der Waals surface area contributed by atoms with Crippen LogP contribution in [0, 0.1) is 11.3 Å². The standard InChI is InChI=1S/C14H31NO2S/c1-6-14(7-2,12-15-11-13(4)5)9-10-18(16,17)8-3/h13,15H,6-12H2,1-5H3. The van der Waals surface area contributed by atoms with Crippen molar-refractivity contribution in [2.75, 3.05) is 24.6 Å². The van der Waals surface area contributed by atoms with Gasteiger partial charge in [-0.05, 0) is 37.1 Å². The van der Waals surface area contributed by atoms with Crippen molar-refractivity contribution < 1.29 is 8.42 Å². The molecule has 0 radical (unpaired) electrons. The second-order valence-corrected chi connectivity index (χ2v) is 8.19. The third kappa shape index (κ3) is 6.74. The van der Waals surface area contributed by atoms with Gasteiger partial charge in [-0.25, -0.2) is 8.42 Å². The molecule has 0 saturated heterocycles. The van der Waals surface area contributed by atoms with Gasteiger partial charge in [-0.2, -0.15) is 0 Å². The predicted molar refractivity (Wildman–Crippen MR) is 79.7 cm³/mol. The lowest BCUT2D eigenvalue weighted by Crippen LogP contribution is -2.36. The molecule has 1 N–H and O–H groups in total. The van der Waals surface area contributed by atoms with Gasteiger partial charge >= 0.3 is 0 Å². The van der Waals surface area contributed by atoms with E-state index in [1.807, 2.05) is 0 Å². The molecule has 0 rings (SSSR count). The Balaban J connectivity index is 4.42. The maximum atomic E-state index is 11.6. The molecule has 0 aliphatic carbocycles. The number of nitrogens with one attached hydrogen (secondary N) is 1. The first-order valence-electron chi connectivity index (χ1n) is 7.22. The number of sulfone groups is 1. The van der Waals surface area contributed by atoms with Gasteiger partial charge in [0.05, 0.1) is 5.75 Å². The number of hydrogen-bond donors (Lipinski definition) is 1. The fourth-order valence-corrected chi connectivity index (χ4v) is 3.12. The van der Waals surface area contributed by atoms with E-state index in [1.54, 1.807) is 6.92 Å². The summed E-state index contributed by atoms with van der Waals surface area (Å²) in [4.78, 5) is 0. The van der Waals surface area contributed by atoms with Gasteiger partial charge in [0.25, 0.3) is 0 Å². The summed E-state index contributed by atoms with van der Waals surface area (Å²) in [7, 11) is -2.84. The molecule has 0 fully saturated rings. The van der Waals surface area contributed by atoms with E-state index in [4.69, 9.17) is 0 Å². The van der Waals surface area contributed by atoms with Crippen LogP contribution >= 0.6 is 0 Å². The minimum absolute atomic E-state index is 0.136. The van der Waals surface area contributed by atoms with E-state index in [1.165, 1.54) is 0 Å². The highest BCUT2D eigenvalue weighted by Crippen LogP contribution is 2.30. The molecule has 0 aromatic rings. The molecular formula is C14H31NO2S. The first kappa shape index (κ1) is 17.9. The molecule has 110 valence electrons. The molecule has 0 amide bonds. The molecule has 0 spiro atoms. The summed E-state index contributed by atoms with van der Waals surface area (Å²) in [5.74, 6) is 1.22. The molecule has 18 heavy (non-hydrogen) atoms. The Morgan fingerprint density at radius 1 is 1.11 bits per heavy atom. The van der Waals surface area contributed by atoms with E-state index >= 15 is 0 Å². The predicted octanol–water partition coefficient (Wildman–Crippen LogP) is 2.86. The van der Waals surface area contributed by atoms with Crippen LogP contribution in [-0.2, 0) is 9.84 Å². The summed E-state index contributed by atoms with van der Waals surface area (Å²) in [6.07, 6.45) is 2.85. The summed E-state index contributed by atoms with van der Waals surface area (Å²) >= 11 is 0. The van der Waals surface area contributed by atoms with Crippen LogP contribution in [0.4, 0.5) is 0 Å². The van der Waals surface area contributed by atoms with Crippen LogP contribution < -0.4 is 5.32 Å². The average molecular weight is 277 g/mol. The molecule has 0 aliphatic rings. The second kappa shape index (κ2) is 8.16. The molecule has 0 aliphatic heterocycles. The van der Waals surface area contributed by atoms with Crippen molar-refractivity contribution in [3.8, 4) is 0 Å². The van der Waals surface area contributed by atoms with E-state index < -0.39 is 9.84 Å². The molecule has 0 atom stereocenters. The minimum atomic E-state index is -2.84. The Hall–Kier alpha value is -0.0900. The first-order chi connectivity index (χ1) is 8.31. The molecule has 0 unspecified atom stereocenters. The average Bonchev–Trinajstić information content (AvgIpc) is 2.33. The Bertz CT molecular complexity index is 306. The van der Waals surface area contributed by atoms with Crippen molar-refractivity contribution in [3.63, 3.8) is 0 Å². The fourth-order valence-electron chi connectivity index (χ4n) is 2.08. The summed E-state index contributed by atoms with van der Waals surface area (Å²) in [5, 5.41) is 3.49. The topological polar surface area (TPSA) is 46.2 Å². The lowest BCUT2D eigenvalue weighted by Gasteiger charge is -2.32. The number of hydrogen-bond acceptors (Lipinski definition) is 3. The largest absolute Gasteiger partial charge is 0.316 e. The minimum Gasteiger partial charge on any atom is -0.316 e. The molecular weight excluding hydrogens is 246 g/mol. The second-order valence-electron chi connectivity index (χ2n) is 5.72. The summed E-state index contributed by atoms with van der Waals surface area (Å²) < 4.78 is 23.3. The van der Waals surface area contributed by atoms with Crippen LogP contribution in [0.3, 0.4) is 0 Å². The Labute approximate surface area is 114 Å². The van der Waals surface area contributed by atoms with Gasteiger partial charge in [0.1, 0.15) is 9.84 Å². The SMILES string of the molecule is CCC(CC)(CCS(=O)(=O)CC)CNCC(C)C. The van der Waals surface area contributed by atoms with Gasteiger partial charge in [0, 0.05) is 12.3 Å². The van der Waals surface area contributed by atoms with Gasteiger partial charge in [0.2, 0.25) is 0 Å². The van der Waals surface area contributed by atoms with Crippen molar-refractivity contribution in [1.29, 1.82) is 0 Å². The first-order valence-corrected chi connectivity index (χ1v) is 9.04. The quantitative estimate of drug-likeness (QED) is 0.668. The van der Waals surface area contributed by atoms with Crippen LogP contribution in [0.2, 0.25) is 0 Å². The summed E-state index contributed by atoms with van der Waals surface area (Å²) in [6.45, 7) is 12.4. The monoisotopic (exact) mass is 277 g/mol. The van der Waals surface area contributed by atoms with Crippen molar-refractivity contribution in [3.05, 3.63) is 0 Å². The summed E-state index contributed by atoms with van der Waals surface area (Å²) in [6, 6.07) is 0. The molecule has 0 aromatic heterocycles. The van der Waals surface area contributed by atoms with E-state index in [0.29, 0.717) is 11.7 Å². The van der Waals surface area contributed by atoms with E-state index in [9.17, 15) is 8.42 Å². The Morgan fingerprint density at radius 3 is 2.06 bits per heavy atom. The van der Waals surface area contributed by atoms with E-state index in [-0.39, 0.29) is 11.2 Å². The summed E-state index contributed by atoms with van der Waals surface area (Å²) in [5.41, 5.74) is 0.136. The fraction of sp³-hybridized carbons (Fsp3) is 1.00. The highest BCUT2D eigenvalue weighted by atomic mass is 32.2. The van der Waals surface area contributed by atoms with Crippen LogP contribution in [-0.4, -0.2) is 33.0 Å². The van der Waals surface area contributed by atoms with Gasteiger partial charge in [-0.15, -0.1) is 0 Å². The lowest BCUT2D eigenvalue weighted by molar-refractivity contribution is 0.236.